The molecule has 1 aliphatic heterocycles. The van der Waals surface area contributed by atoms with E-state index in [1.165, 1.54) is 0 Å². The third kappa shape index (κ3) is 5.11. The molecule has 2 aliphatic rings. The van der Waals surface area contributed by atoms with E-state index in [2.05, 4.69) is 5.10 Å². The van der Waals surface area contributed by atoms with Gasteiger partial charge in [-0.25, -0.2) is 17.4 Å². The topological polar surface area (TPSA) is 93.9 Å². The van der Waals surface area contributed by atoms with Crippen LogP contribution in [0.3, 0.4) is 0 Å². The van der Waals surface area contributed by atoms with Gasteiger partial charge in [0, 0.05) is 50.0 Å². The van der Waals surface area contributed by atoms with Crippen molar-refractivity contribution in [1.82, 2.24) is 9.78 Å². The number of aliphatic hydroxyl groups excluding tert-OH is 1. The van der Waals surface area contributed by atoms with Crippen molar-refractivity contribution in [2.75, 3.05) is 30.7 Å². The van der Waals surface area contributed by atoms with E-state index in [9.17, 15) is 13.5 Å². The van der Waals surface area contributed by atoms with Crippen LogP contribution in [0, 0.1) is 12.8 Å². The van der Waals surface area contributed by atoms with E-state index in [1.54, 1.807) is 27.2 Å². The van der Waals surface area contributed by atoms with Crippen LogP contribution in [-0.2, 0) is 21.3 Å². The second kappa shape index (κ2) is 10.7. The van der Waals surface area contributed by atoms with Gasteiger partial charge in [0.2, 0.25) is 0 Å². The first-order valence-electron chi connectivity index (χ1n) is 12.4. The third-order valence-electron chi connectivity index (χ3n) is 6.97. The summed E-state index contributed by atoms with van der Waals surface area (Å²) in [6, 6.07) is 6.83. The number of rotatable bonds is 10. The molecule has 1 unspecified atom stereocenters. The van der Waals surface area contributed by atoms with E-state index in [4.69, 9.17) is 9.47 Å². The van der Waals surface area contributed by atoms with Crippen LogP contribution in [-0.4, -0.2) is 55.8 Å². The van der Waals surface area contributed by atoms with Crippen molar-refractivity contribution >= 4 is 15.8 Å². The number of hydrogen-bond acceptors (Lipinski definition) is 6. The zero-order chi connectivity index (χ0) is 24.3. The van der Waals surface area contributed by atoms with E-state index in [0.29, 0.717) is 36.2 Å². The molecule has 1 saturated heterocycles. The fraction of sp³-hybridized carbons (Fsp3) is 0.640. The summed E-state index contributed by atoms with van der Waals surface area (Å²) < 4.78 is 42.9. The van der Waals surface area contributed by atoms with Crippen molar-refractivity contribution in [3.05, 3.63) is 35.5 Å². The van der Waals surface area contributed by atoms with Crippen LogP contribution in [0.5, 0.6) is 5.75 Å². The van der Waals surface area contributed by atoms with Crippen LogP contribution in [0.15, 0.2) is 29.2 Å². The second-order valence-electron chi connectivity index (χ2n) is 9.50. The van der Waals surface area contributed by atoms with E-state index >= 15 is 0 Å². The Morgan fingerprint density at radius 2 is 1.97 bits per heavy atom. The Labute approximate surface area is 202 Å². The molecule has 1 aromatic carbocycles. The summed E-state index contributed by atoms with van der Waals surface area (Å²) >= 11 is 0. The fourth-order valence-electron chi connectivity index (χ4n) is 4.61. The lowest BCUT2D eigenvalue weighted by Crippen LogP contribution is -2.45. The molecular formula is C25H37N3O5S. The van der Waals surface area contributed by atoms with E-state index in [1.807, 2.05) is 26.8 Å². The van der Waals surface area contributed by atoms with Crippen molar-refractivity contribution in [3.8, 4) is 5.75 Å². The van der Waals surface area contributed by atoms with Crippen molar-refractivity contribution in [3.63, 3.8) is 0 Å². The van der Waals surface area contributed by atoms with Gasteiger partial charge in [0.25, 0.3) is 10.0 Å². The molecule has 0 amide bonds. The normalized spacial score (nSPS) is 18.5. The van der Waals surface area contributed by atoms with Crippen molar-refractivity contribution < 1.29 is 23.0 Å². The van der Waals surface area contributed by atoms with Crippen LogP contribution in [0.25, 0.3) is 0 Å². The maximum Gasteiger partial charge on any atom is 0.265 e. The Balaban J connectivity index is 1.67. The minimum atomic E-state index is -3.83. The molecule has 9 heteroatoms. The average Bonchev–Trinajstić information content (AvgIpc) is 3.19. The van der Waals surface area contributed by atoms with Gasteiger partial charge in [-0.15, -0.1) is 0 Å². The van der Waals surface area contributed by atoms with E-state index in [-0.39, 0.29) is 23.5 Å². The van der Waals surface area contributed by atoms with Crippen LogP contribution < -0.4 is 9.04 Å². The SMILES string of the molecule is CCn1nc(C)cc1N(C1CCC1)S(=O)(=O)c1ccc(OCC2CCOCC2)c(C(C)CO)c1. The van der Waals surface area contributed by atoms with Crippen molar-refractivity contribution in [1.29, 1.82) is 0 Å². The van der Waals surface area contributed by atoms with Gasteiger partial charge in [0.15, 0.2) is 0 Å². The number of nitrogens with zero attached hydrogens (tertiary/aromatic N) is 3. The van der Waals surface area contributed by atoms with Gasteiger partial charge < -0.3 is 14.6 Å². The molecule has 188 valence electrons. The second-order valence-corrected chi connectivity index (χ2v) is 11.3. The molecule has 1 saturated carbocycles. The largest absolute Gasteiger partial charge is 0.493 e. The number of hydrogen-bond donors (Lipinski definition) is 1. The monoisotopic (exact) mass is 491 g/mol. The average molecular weight is 492 g/mol. The molecule has 34 heavy (non-hydrogen) atoms. The Morgan fingerprint density at radius 3 is 2.59 bits per heavy atom. The molecule has 8 nitrogen and oxygen atoms in total. The molecule has 1 aliphatic carbocycles. The Morgan fingerprint density at radius 1 is 1.24 bits per heavy atom. The number of aromatic nitrogens is 2. The fourth-order valence-corrected chi connectivity index (χ4v) is 6.35. The van der Waals surface area contributed by atoms with Gasteiger partial charge in [0.05, 0.1) is 17.2 Å². The minimum absolute atomic E-state index is 0.0745. The predicted octanol–water partition coefficient (Wildman–Crippen LogP) is 3.86. The van der Waals surface area contributed by atoms with Gasteiger partial charge in [-0.1, -0.05) is 6.92 Å². The molecule has 2 fully saturated rings. The number of benzene rings is 1. The summed E-state index contributed by atoms with van der Waals surface area (Å²) in [6.07, 6.45) is 4.59. The van der Waals surface area contributed by atoms with Crippen LogP contribution in [0.4, 0.5) is 5.82 Å². The highest BCUT2D eigenvalue weighted by atomic mass is 32.2. The Hall–Kier alpha value is -2.10. The zero-order valence-electron chi connectivity index (χ0n) is 20.4. The quantitative estimate of drug-likeness (QED) is 0.542. The number of aliphatic hydroxyl groups is 1. The summed E-state index contributed by atoms with van der Waals surface area (Å²) in [6.45, 7) is 8.28. The summed E-state index contributed by atoms with van der Waals surface area (Å²) in [5, 5.41) is 14.4. The molecule has 1 atom stereocenters. The van der Waals surface area contributed by atoms with Crippen molar-refractivity contribution in [2.24, 2.45) is 5.92 Å². The highest BCUT2D eigenvalue weighted by Crippen LogP contribution is 2.37. The molecule has 0 bridgehead atoms. The lowest BCUT2D eigenvalue weighted by Gasteiger charge is -2.38. The lowest BCUT2D eigenvalue weighted by atomic mass is 9.93. The molecular weight excluding hydrogens is 454 g/mol. The molecule has 1 N–H and O–H groups in total. The number of sulfonamides is 1. The Bertz CT molecular complexity index is 1070. The highest BCUT2D eigenvalue weighted by molar-refractivity contribution is 7.92. The van der Waals surface area contributed by atoms with Gasteiger partial charge >= 0.3 is 0 Å². The first kappa shape index (κ1) is 25.0. The van der Waals surface area contributed by atoms with E-state index in [0.717, 1.165) is 51.0 Å². The van der Waals surface area contributed by atoms with Crippen LogP contribution in [0.2, 0.25) is 0 Å². The van der Waals surface area contributed by atoms with Crippen LogP contribution >= 0.6 is 0 Å². The zero-order valence-corrected chi connectivity index (χ0v) is 21.3. The van der Waals surface area contributed by atoms with E-state index < -0.39 is 10.0 Å². The third-order valence-corrected chi connectivity index (χ3v) is 8.82. The smallest absolute Gasteiger partial charge is 0.265 e. The molecule has 0 spiro atoms. The number of aryl methyl sites for hydroxylation is 2. The minimum Gasteiger partial charge on any atom is -0.493 e. The van der Waals surface area contributed by atoms with Gasteiger partial charge in [-0.2, -0.15) is 5.10 Å². The standard InChI is InChI=1S/C25H37N3O5S/c1-4-27-25(14-19(3)26-27)28(21-6-5-7-21)34(30,31)22-8-9-24(23(15-22)18(2)16-29)33-17-20-10-12-32-13-11-20/h8-9,14-15,18,20-21,29H,4-7,10-13,16-17H2,1-3H3. The summed E-state index contributed by atoms with van der Waals surface area (Å²) in [5.74, 6) is 1.42. The summed E-state index contributed by atoms with van der Waals surface area (Å²) in [7, 11) is -3.83. The first-order chi connectivity index (χ1) is 16.3. The maximum absolute atomic E-state index is 14.0. The Kier molecular flexibility index (Phi) is 7.84. The maximum atomic E-state index is 14.0. The first-order valence-corrected chi connectivity index (χ1v) is 13.8. The van der Waals surface area contributed by atoms with Gasteiger partial charge in [-0.3, -0.25) is 0 Å². The molecule has 2 heterocycles. The van der Waals surface area contributed by atoms with Crippen LogP contribution in [0.1, 0.15) is 63.1 Å². The number of ether oxygens (including phenoxy) is 2. The van der Waals surface area contributed by atoms with Gasteiger partial charge in [0.1, 0.15) is 11.6 Å². The molecule has 1 aromatic heterocycles. The summed E-state index contributed by atoms with van der Waals surface area (Å²) in [4.78, 5) is 0.217. The molecule has 2 aromatic rings. The van der Waals surface area contributed by atoms with Gasteiger partial charge in [-0.05, 0) is 70.1 Å². The molecule has 0 radical (unpaired) electrons. The summed E-state index contributed by atoms with van der Waals surface area (Å²) in [5.41, 5.74) is 1.51. The molecule has 4 rings (SSSR count). The number of anilines is 1. The highest BCUT2D eigenvalue weighted by Gasteiger charge is 2.37. The lowest BCUT2D eigenvalue weighted by molar-refractivity contribution is 0.0495. The van der Waals surface area contributed by atoms with Crippen molar-refractivity contribution in [2.45, 2.75) is 76.3 Å². The predicted molar refractivity (Wildman–Crippen MR) is 131 cm³/mol.